The summed E-state index contributed by atoms with van der Waals surface area (Å²) in [6.07, 6.45) is 1.78. The first kappa shape index (κ1) is 17.7. The van der Waals surface area contributed by atoms with Gasteiger partial charge in [0.1, 0.15) is 17.5 Å². The monoisotopic (exact) mass is 348 g/mol. The summed E-state index contributed by atoms with van der Waals surface area (Å²) >= 11 is 0. The number of pyridine rings is 1. The van der Waals surface area contributed by atoms with Gasteiger partial charge in [-0.1, -0.05) is 30.3 Å². The van der Waals surface area contributed by atoms with Gasteiger partial charge in [-0.25, -0.2) is 15.0 Å². The number of benzene rings is 1. The Labute approximate surface area is 154 Å². The van der Waals surface area contributed by atoms with Crippen molar-refractivity contribution in [3.8, 4) is 11.4 Å². The lowest BCUT2D eigenvalue weighted by Gasteiger charge is -2.15. The minimum Gasteiger partial charge on any atom is -0.368 e. The Morgan fingerprint density at radius 1 is 0.923 bits per heavy atom. The molecule has 0 fully saturated rings. The van der Waals surface area contributed by atoms with Crippen molar-refractivity contribution in [2.45, 2.75) is 19.9 Å². The Balaban J connectivity index is 1.96. The van der Waals surface area contributed by atoms with Crippen LogP contribution in [0.2, 0.25) is 0 Å². The van der Waals surface area contributed by atoms with Gasteiger partial charge in [-0.2, -0.15) is 0 Å². The van der Waals surface area contributed by atoms with Gasteiger partial charge in [0, 0.05) is 49.7 Å². The van der Waals surface area contributed by atoms with Crippen molar-refractivity contribution < 1.29 is 0 Å². The zero-order valence-electron chi connectivity index (χ0n) is 15.6. The molecular weight excluding hydrogens is 324 g/mol. The molecule has 0 radical (unpaired) electrons. The summed E-state index contributed by atoms with van der Waals surface area (Å²) < 4.78 is 0. The van der Waals surface area contributed by atoms with E-state index in [1.165, 1.54) is 0 Å². The fourth-order valence-corrected chi connectivity index (χ4v) is 2.49. The second-order valence-electron chi connectivity index (χ2n) is 6.55. The van der Waals surface area contributed by atoms with E-state index < -0.39 is 0 Å². The Morgan fingerprint density at radius 2 is 1.65 bits per heavy atom. The predicted molar refractivity (Wildman–Crippen MR) is 108 cm³/mol. The standard InChI is InChI=1S/C20H24N6/c1-14(2)22-17-13-18(23-16-10-11-21-19(12-16)26(3)4)25-20(24-17)15-8-6-5-7-9-15/h5-14H,1-4H3,(H2,21,22,23,24,25). The zero-order chi connectivity index (χ0) is 18.5. The summed E-state index contributed by atoms with van der Waals surface area (Å²) in [5, 5.41) is 6.72. The molecule has 0 unspecified atom stereocenters. The van der Waals surface area contributed by atoms with Crippen molar-refractivity contribution in [3.63, 3.8) is 0 Å². The van der Waals surface area contributed by atoms with Crippen LogP contribution in [0.5, 0.6) is 0 Å². The number of rotatable bonds is 6. The minimum atomic E-state index is 0.280. The van der Waals surface area contributed by atoms with E-state index in [2.05, 4.69) is 39.4 Å². The summed E-state index contributed by atoms with van der Waals surface area (Å²) in [7, 11) is 3.93. The van der Waals surface area contributed by atoms with E-state index in [0.717, 1.165) is 28.7 Å². The van der Waals surface area contributed by atoms with Crippen LogP contribution in [-0.4, -0.2) is 35.1 Å². The number of nitrogens with one attached hydrogen (secondary N) is 2. The lowest BCUT2D eigenvalue weighted by Crippen LogP contribution is -2.12. The molecule has 3 aromatic rings. The van der Waals surface area contributed by atoms with E-state index in [9.17, 15) is 0 Å². The lowest BCUT2D eigenvalue weighted by atomic mass is 10.2. The SMILES string of the molecule is CC(C)Nc1cc(Nc2ccnc(N(C)C)c2)nc(-c2ccccc2)n1. The first-order valence-electron chi connectivity index (χ1n) is 8.63. The maximum Gasteiger partial charge on any atom is 0.163 e. The van der Waals surface area contributed by atoms with Crippen molar-refractivity contribution in [2.75, 3.05) is 29.6 Å². The largest absolute Gasteiger partial charge is 0.368 e. The van der Waals surface area contributed by atoms with Gasteiger partial charge in [0.25, 0.3) is 0 Å². The lowest BCUT2D eigenvalue weighted by molar-refractivity contribution is 0.887. The van der Waals surface area contributed by atoms with E-state index >= 15 is 0 Å². The molecule has 2 N–H and O–H groups in total. The average molecular weight is 348 g/mol. The number of hydrogen-bond acceptors (Lipinski definition) is 6. The molecule has 0 amide bonds. The van der Waals surface area contributed by atoms with Gasteiger partial charge in [-0.15, -0.1) is 0 Å². The fraction of sp³-hybridized carbons (Fsp3) is 0.250. The summed E-state index contributed by atoms with van der Waals surface area (Å²) in [4.78, 5) is 15.6. The Kier molecular flexibility index (Phi) is 5.31. The molecule has 134 valence electrons. The third kappa shape index (κ3) is 4.47. The third-order valence-corrected chi connectivity index (χ3v) is 3.67. The van der Waals surface area contributed by atoms with Gasteiger partial charge in [0.2, 0.25) is 0 Å². The molecule has 6 nitrogen and oxygen atoms in total. The van der Waals surface area contributed by atoms with Gasteiger partial charge in [0.15, 0.2) is 5.82 Å². The molecular formula is C20H24N6. The summed E-state index contributed by atoms with van der Waals surface area (Å²) in [5.41, 5.74) is 1.91. The molecule has 3 rings (SSSR count). The van der Waals surface area contributed by atoms with Gasteiger partial charge in [0.05, 0.1) is 0 Å². The summed E-state index contributed by atoms with van der Waals surface area (Å²) in [5.74, 6) is 3.09. The van der Waals surface area contributed by atoms with Crippen molar-refractivity contribution in [3.05, 3.63) is 54.7 Å². The van der Waals surface area contributed by atoms with Crippen molar-refractivity contribution in [1.82, 2.24) is 15.0 Å². The number of anilines is 4. The third-order valence-electron chi connectivity index (χ3n) is 3.67. The van der Waals surface area contributed by atoms with E-state index in [1.54, 1.807) is 6.20 Å². The smallest absolute Gasteiger partial charge is 0.163 e. The zero-order valence-corrected chi connectivity index (χ0v) is 15.6. The van der Waals surface area contributed by atoms with Crippen LogP contribution in [0.15, 0.2) is 54.7 Å². The molecule has 1 aromatic carbocycles. The van der Waals surface area contributed by atoms with Gasteiger partial charge in [-0.05, 0) is 19.9 Å². The first-order valence-corrected chi connectivity index (χ1v) is 8.63. The van der Waals surface area contributed by atoms with Gasteiger partial charge < -0.3 is 15.5 Å². The molecule has 0 saturated heterocycles. The summed E-state index contributed by atoms with van der Waals surface area (Å²) in [6.45, 7) is 4.17. The van der Waals surface area contributed by atoms with Crippen LogP contribution in [0.1, 0.15) is 13.8 Å². The highest BCUT2D eigenvalue weighted by Gasteiger charge is 2.09. The predicted octanol–water partition coefficient (Wildman–Crippen LogP) is 4.17. The second kappa shape index (κ2) is 7.82. The number of aromatic nitrogens is 3. The van der Waals surface area contributed by atoms with Crippen molar-refractivity contribution in [1.29, 1.82) is 0 Å². The van der Waals surface area contributed by atoms with Crippen LogP contribution in [0.25, 0.3) is 11.4 Å². The molecule has 0 aliphatic carbocycles. The fourth-order valence-electron chi connectivity index (χ4n) is 2.49. The maximum atomic E-state index is 4.68. The molecule has 2 heterocycles. The highest BCUT2D eigenvalue weighted by Crippen LogP contribution is 2.24. The average Bonchev–Trinajstić information content (AvgIpc) is 2.62. The van der Waals surface area contributed by atoms with Crippen LogP contribution < -0.4 is 15.5 Å². The first-order chi connectivity index (χ1) is 12.5. The van der Waals surface area contributed by atoms with Gasteiger partial charge in [-0.3, -0.25) is 0 Å². The highest BCUT2D eigenvalue weighted by atomic mass is 15.1. The van der Waals surface area contributed by atoms with Crippen LogP contribution in [-0.2, 0) is 0 Å². The Bertz CT molecular complexity index is 861. The molecule has 2 aromatic heterocycles. The van der Waals surface area contributed by atoms with Crippen molar-refractivity contribution >= 4 is 23.1 Å². The van der Waals surface area contributed by atoms with Crippen LogP contribution in [0, 0.1) is 0 Å². The molecule has 0 atom stereocenters. The molecule has 0 bridgehead atoms. The molecule has 0 aliphatic heterocycles. The van der Waals surface area contributed by atoms with E-state index in [-0.39, 0.29) is 6.04 Å². The van der Waals surface area contributed by atoms with Gasteiger partial charge >= 0.3 is 0 Å². The topological polar surface area (TPSA) is 66.0 Å². The second-order valence-corrected chi connectivity index (χ2v) is 6.55. The Morgan fingerprint density at radius 3 is 2.35 bits per heavy atom. The van der Waals surface area contributed by atoms with E-state index in [1.807, 2.05) is 67.5 Å². The molecule has 0 saturated carbocycles. The van der Waals surface area contributed by atoms with Crippen LogP contribution in [0.4, 0.5) is 23.1 Å². The summed E-state index contributed by atoms with van der Waals surface area (Å²) in [6, 6.07) is 16.1. The van der Waals surface area contributed by atoms with Crippen LogP contribution >= 0.6 is 0 Å². The molecule has 0 aliphatic rings. The minimum absolute atomic E-state index is 0.280. The number of nitrogens with zero attached hydrogens (tertiary/aromatic N) is 4. The van der Waals surface area contributed by atoms with E-state index in [0.29, 0.717) is 5.82 Å². The van der Waals surface area contributed by atoms with E-state index in [4.69, 9.17) is 0 Å². The number of hydrogen-bond donors (Lipinski definition) is 2. The molecule has 0 spiro atoms. The normalized spacial score (nSPS) is 10.7. The maximum absolute atomic E-state index is 4.68. The van der Waals surface area contributed by atoms with Crippen molar-refractivity contribution in [2.24, 2.45) is 0 Å². The molecule has 26 heavy (non-hydrogen) atoms. The van der Waals surface area contributed by atoms with Crippen LogP contribution in [0.3, 0.4) is 0 Å². The quantitative estimate of drug-likeness (QED) is 0.697. The Hall–Kier alpha value is -3.15. The highest BCUT2D eigenvalue weighted by molar-refractivity contribution is 5.66. The molecule has 6 heteroatoms.